The van der Waals surface area contributed by atoms with E-state index in [1.54, 1.807) is 6.92 Å². The summed E-state index contributed by atoms with van der Waals surface area (Å²) >= 11 is 0. The lowest BCUT2D eigenvalue weighted by atomic mass is 10.0. The number of hydrogen-bond donors (Lipinski definition) is 2. The lowest BCUT2D eigenvalue weighted by Crippen LogP contribution is -2.48. The van der Waals surface area contributed by atoms with Gasteiger partial charge in [-0.05, 0) is 89.4 Å². The molecule has 49 heavy (non-hydrogen) atoms. The normalized spacial score (nSPS) is 20.7. The van der Waals surface area contributed by atoms with Gasteiger partial charge in [0.25, 0.3) is 15.9 Å². The summed E-state index contributed by atoms with van der Waals surface area (Å²) < 4.78 is 88.0. The van der Waals surface area contributed by atoms with Crippen LogP contribution in [0.2, 0.25) is 0 Å². The number of aliphatic hydroxyl groups is 1. The van der Waals surface area contributed by atoms with E-state index in [2.05, 4.69) is 9.88 Å². The number of rotatable bonds is 9. The van der Waals surface area contributed by atoms with Crippen molar-refractivity contribution in [2.45, 2.75) is 81.9 Å². The molecule has 2 aromatic carbocycles. The predicted molar refractivity (Wildman–Crippen MR) is 180 cm³/mol. The van der Waals surface area contributed by atoms with Crippen LogP contribution in [0.4, 0.5) is 10.1 Å². The van der Waals surface area contributed by atoms with Gasteiger partial charge < -0.3 is 24.0 Å². The highest BCUT2D eigenvalue weighted by atomic mass is 32.2. The van der Waals surface area contributed by atoms with Gasteiger partial charge >= 0.3 is 0 Å². The molecule has 16 heteroatoms. The number of benzene rings is 2. The van der Waals surface area contributed by atoms with Gasteiger partial charge in [0.05, 0.1) is 35.3 Å². The monoisotopic (exact) mass is 724 g/mol. The molecule has 1 aliphatic rings. The number of fused-ring (bicyclic) bond motifs is 1. The van der Waals surface area contributed by atoms with Gasteiger partial charge in [-0.15, -0.1) is 0 Å². The summed E-state index contributed by atoms with van der Waals surface area (Å²) in [6.07, 6.45) is 1.03. The van der Waals surface area contributed by atoms with Gasteiger partial charge in [0.2, 0.25) is 10.0 Å². The highest BCUT2D eigenvalue weighted by Crippen LogP contribution is 2.30. The lowest BCUT2D eigenvalue weighted by Gasteiger charge is -2.35. The van der Waals surface area contributed by atoms with E-state index < -0.39 is 49.8 Å². The Morgan fingerprint density at radius 3 is 2.43 bits per heavy atom. The zero-order valence-corrected chi connectivity index (χ0v) is 30.2. The summed E-state index contributed by atoms with van der Waals surface area (Å²) in [6, 6.07) is 8.31. The van der Waals surface area contributed by atoms with Gasteiger partial charge in [0.1, 0.15) is 17.3 Å². The van der Waals surface area contributed by atoms with E-state index in [1.807, 2.05) is 13.8 Å². The third-order valence-corrected chi connectivity index (χ3v) is 12.0. The number of aliphatic hydroxyl groups excluding tert-OH is 1. The van der Waals surface area contributed by atoms with Crippen LogP contribution in [0.15, 0.2) is 56.8 Å². The molecule has 0 fully saturated rings. The summed E-state index contributed by atoms with van der Waals surface area (Å²) in [5, 5.41) is 13.9. The molecule has 2 heterocycles. The largest absolute Gasteiger partial charge is 0.490 e. The summed E-state index contributed by atoms with van der Waals surface area (Å²) in [4.78, 5) is 15.6. The van der Waals surface area contributed by atoms with Crippen LogP contribution in [-0.4, -0.2) is 93.8 Å². The quantitative estimate of drug-likeness (QED) is 0.324. The number of carbonyl (C=O) groups is 1. The minimum absolute atomic E-state index is 0.0552. The Kier molecular flexibility index (Phi) is 12.5. The van der Waals surface area contributed by atoms with Crippen LogP contribution < -0.4 is 9.46 Å². The van der Waals surface area contributed by atoms with Gasteiger partial charge in [-0.1, -0.05) is 12.1 Å². The molecule has 0 radical (unpaired) electrons. The maximum absolute atomic E-state index is 14.4. The first-order valence-electron chi connectivity index (χ1n) is 16.1. The number of sulfonamides is 2. The smallest absolute Gasteiger partial charge is 0.267 e. The van der Waals surface area contributed by atoms with Crippen LogP contribution in [0, 0.1) is 25.6 Å². The molecular formula is C33H45FN4O9S2. The van der Waals surface area contributed by atoms with Crippen molar-refractivity contribution in [3.63, 3.8) is 0 Å². The van der Waals surface area contributed by atoms with E-state index in [4.69, 9.17) is 14.0 Å². The number of likely N-dealkylation sites (N-methyl/N-ethyl adjacent to an activating group) is 1. The van der Waals surface area contributed by atoms with Crippen LogP contribution in [0.5, 0.6) is 5.75 Å². The average Bonchev–Trinajstić information content (AvgIpc) is 3.40. The fraction of sp³-hybridized carbons (Fsp3) is 0.515. The molecule has 0 bridgehead atoms. The van der Waals surface area contributed by atoms with Crippen molar-refractivity contribution in [1.82, 2.24) is 14.4 Å². The number of aryl methyl sites for hydroxylation is 2. The van der Waals surface area contributed by atoms with E-state index >= 15 is 0 Å². The van der Waals surface area contributed by atoms with Gasteiger partial charge in [-0.2, -0.15) is 4.31 Å². The minimum atomic E-state index is -4.13. The summed E-state index contributed by atoms with van der Waals surface area (Å²) in [6.45, 7) is 8.31. The number of aromatic nitrogens is 1. The topological polar surface area (TPSA) is 169 Å². The molecule has 0 saturated carbocycles. The van der Waals surface area contributed by atoms with E-state index in [1.165, 1.54) is 56.1 Å². The highest BCUT2D eigenvalue weighted by Gasteiger charge is 2.33. The van der Waals surface area contributed by atoms with E-state index in [-0.39, 0.29) is 64.0 Å². The summed E-state index contributed by atoms with van der Waals surface area (Å²) in [5.74, 6) is -1.16. The number of nitrogens with zero attached hydrogens (tertiary/aromatic N) is 3. The zero-order valence-electron chi connectivity index (χ0n) is 28.5. The van der Waals surface area contributed by atoms with Gasteiger partial charge in [-0.3, -0.25) is 9.52 Å². The molecule has 0 spiro atoms. The number of anilines is 1. The minimum Gasteiger partial charge on any atom is -0.490 e. The summed E-state index contributed by atoms with van der Waals surface area (Å²) in [7, 11) is -6.71. The van der Waals surface area contributed by atoms with Gasteiger partial charge in [-0.25, -0.2) is 21.2 Å². The van der Waals surface area contributed by atoms with Crippen molar-refractivity contribution in [3.8, 4) is 5.75 Å². The van der Waals surface area contributed by atoms with Crippen molar-refractivity contribution in [1.29, 1.82) is 0 Å². The van der Waals surface area contributed by atoms with Crippen molar-refractivity contribution in [2.75, 3.05) is 38.1 Å². The molecule has 0 aliphatic carbocycles. The number of carbonyl (C=O) groups excluding carboxylic acids is 1. The molecular weight excluding hydrogens is 680 g/mol. The Morgan fingerprint density at radius 1 is 1.10 bits per heavy atom. The van der Waals surface area contributed by atoms with Crippen molar-refractivity contribution < 1.29 is 45.1 Å². The summed E-state index contributed by atoms with van der Waals surface area (Å²) in [5.41, 5.74) is 0.355. The molecule has 0 saturated heterocycles. The fourth-order valence-corrected chi connectivity index (χ4v) is 8.22. The molecule has 1 aromatic heterocycles. The molecule has 1 aliphatic heterocycles. The molecule has 270 valence electrons. The van der Waals surface area contributed by atoms with Crippen molar-refractivity contribution in [3.05, 3.63) is 65.3 Å². The third kappa shape index (κ3) is 9.16. The maximum atomic E-state index is 14.4. The van der Waals surface area contributed by atoms with Gasteiger partial charge in [0.15, 0.2) is 10.7 Å². The van der Waals surface area contributed by atoms with E-state index in [9.17, 15) is 31.1 Å². The molecule has 2 N–H and O–H groups in total. The second-order valence-electron chi connectivity index (χ2n) is 12.5. The Morgan fingerprint density at radius 2 is 1.80 bits per heavy atom. The number of hydrogen-bond acceptors (Lipinski definition) is 10. The molecule has 3 aromatic rings. The second-order valence-corrected chi connectivity index (χ2v) is 16.2. The number of ether oxygens (including phenoxy) is 2. The second kappa shape index (κ2) is 16.0. The number of amides is 1. The maximum Gasteiger partial charge on any atom is 0.267 e. The molecule has 0 unspecified atom stereocenters. The Bertz CT molecular complexity index is 1800. The highest BCUT2D eigenvalue weighted by molar-refractivity contribution is 7.92. The molecule has 13 nitrogen and oxygen atoms in total. The molecule has 4 atom stereocenters. The van der Waals surface area contributed by atoms with E-state index in [0.29, 0.717) is 19.4 Å². The molecule has 1 amide bonds. The first-order chi connectivity index (χ1) is 23.0. The van der Waals surface area contributed by atoms with Crippen LogP contribution in [-0.2, 0) is 24.8 Å². The lowest BCUT2D eigenvalue weighted by molar-refractivity contribution is -0.00834. The fourth-order valence-electron chi connectivity index (χ4n) is 5.65. The zero-order chi connectivity index (χ0) is 36.1. The van der Waals surface area contributed by atoms with Gasteiger partial charge in [0, 0.05) is 38.3 Å². The van der Waals surface area contributed by atoms with Crippen LogP contribution in [0.3, 0.4) is 0 Å². The van der Waals surface area contributed by atoms with Crippen LogP contribution in [0.25, 0.3) is 0 Å². The first-order valence-corrected chi connectivity index (χ1v) is 19.0. The average molecular weight is 725 g/mol. The van der Waals surface area contributed by atoms with E-state index in [0.717, 1.165) is 22.9 Å². The SMILES string of the molecule is Cc1noc(C)c1S(=O)(=O)Nc1ccc2c(c1)C(=O)N([C@@H](C)CO)C[C@@H](C)[C@H](CN(C)S(=O)(=O)c1ccc(F)cc1)OCCCC[C@H](C)O2. The van der Waals surface area contributed by atoms with Crippen molar-refractivity contribution >= 4 is 31.6 Å². The van der Waals surface area contributed by atoms with Crippen LogP contribution in [0.1, 0.15) is 61.8 Å². The number of halogens is 1. The Balaban J connectivity index is 1.69. The third-order valence-electron chi connectivity index (χ3n) is 8.50. The molecule has 4 rings (SSSR count). The first kappa shape index (κ1) is 38.2. The predicted octanol–water partition coefficient (Wildman–Crippen LogP) is 4.35. The standard InChI is InChI=1S/C33H45FN4O9S2/c1-21-18-38(22(2)20-39)33(40)29-17-27(36-48(41,42)32-24(4)35-47-25(32)5)12-15-30(29)46-23(3)9-7-8-16-45-31(21)19-37(6)49(43,44)28-13-10-26(34)11-14-28/h10-15,17,21-23,31,36,39H,7-9,16,18-20H2,1-6H3/t21-,22+,23+,31+/m1/s1. The number of nitrogens with one attached hydrogen (secondary N) is 1. The van der Waals surface area contributed by atoms with Crippen molar-refractivity contribution in [2.24, 2.45) is 5.92 Å². The Labute approximate surface area is 287 Å². The van der Waals surface area contributed by atoms with Crippen LogP contribution >= 0.6 is 0 Å². The Hall–Kier alpha value is -3.57.